The minimum Gasteiger partial charge on any atom is -0.380 e. The van der Waals surface area contributed by atoms with Crippen molar-refractivity contribution < 1.29 is 13.2 Å². The lowest BCUT2D eigenvalue weighted by atomic mass is 9.99. The zero-order chi connectivity index (χ0) is 18.4. The average molecular weight is 399 g/mol. The van der Waals surface area contributed by atoms with Crippen LogP contribution in [0.3, 0.4) is 0 Å². The Hall–Kier alpha value is -1.44. The maximum atomic E-state index is 12.5. The van der Waals surface area contributed by atoms with Crippen molar-refractivity contribution in [3.05, 3.63) is 65.2 Å². The fourth-order valence-electron chi connectivity index (χ4n) is 2.50. The van der Waals surface area contributed by atoms with E-state index in [1.54, 1.807) is 25.3 Å². The van der Waals surface area contributed by atoms with Crippen LogP contribution in [-0.4, -0.2) is 22.1 Å². The van der Waals surface area contributed by atoms with Gasteiger partial charge in [0.05, 0.1) is 11.5 Å². The number of halogens is 1. The summed E-state index contributed by atoms with van der Waals surface area (Å²) < 4.78 is 32.6. The molecule has 0 amide bonds. The van der Waals surface area contributed by atoms with E-state index < -0.39 is 16.1 Å². The molecule has 2 aromatic carbocycles. The summed E-state index contributed by atoms with van der Waals surface area (Å²) in [7, 11) is -2.04. The number of hydrogen-bond acceptors (Lipinski definition) is 4. The first-order valence-corrected chi connectivity index (χ1v) is 9.75. The van der Waals surface area contributed by atoms with Crippen LogP contribution in [0.25, 0.3) is 0 Å². The van der Waals surface area contributed by atoms with Crippen LogP contribution in [-0.2, 0) is 21.4 Å². The van der Waals surface area contributed by atoms with Gasteiger partial charge in [0.1, 0.15) is 0 Å². The monoisotopic (exact) mass is 398 g/mol. The Bertz CT molecular complexity index is 793. The molecule has 0 radical (unpaired) electrons. The lowest BCUT2D eigenvalue weighted by molar-refractivity contribution is 0.184. The van der Waals surface area contributed by atoms with E-state index in [2.05, 4.69) is 18.6 Å². The Kier molecular flexibility index (Phi) is 8.73. The molecule has 1 unspecified atom stereocenters. The van der Waals surface area contributed by atoms with Crippen molar-refractivity contribution in [2.24, 2.45) is 5.73 Å². The van der Waals surface area contributed by atoms with Crippen LogP contribution in [0.1, 0.15) is 42.5 Å². The summed E-state index contributed by atoms with van der Waals surface area (Å²) >= 11 is 0. The average Bonchev–Trinajstić information content (AvgIpc) is 2.60. The summed E-state index contributed by atoms with van der Waals surface area (Å²) in [5.41, 5.74) is 9.07. The highest BCUT2D eigenvalue weighted by atomic mass is 35.5. The van der Waals surface area contributed by atoms with E-state index in [4.69, 9.17) is 10.5 Å². The van der Waals surface area contributed by atoms with Crippen LogP contribution in [0.2, 0.25) is 0 Å². The van der Waals surface area contributed by atoms with Gasteiger partial charge < -0.3 is 10.5 Å². The van der Waals surface area contributed by atoms with Crippen molar-refractivity contribution >= 4 is 22.4 Å². The molecule has 7 heteroatoms. The Morgan fingerprint density at radius 3 is 2.27 bits per heavy atom. The first kappa shape index (κ1) is 22.6. The van der Waals surface area contributed by atoms with Gasteiger partial charge in [0.2, 0.25) is 10.0 Å². The van der Waals surface area contributed by atoms with Gasteiger partial charge in [0.15, 0.2) is 0 Å². The number of hydrogen-bond donors (Lipinski definition) is 2. The molecule has 2 rings (SSSR count). The highest BCUT2D eigenvalue weighted by Gasteiger charge is 2.16. The standard InChI is InChI=1S/C19H26N2O3S.ClH/c1-14(2)16-7-9-17(10-8-16)19(20)12-21-25(22,23)18-6-4-5-15(11-18)13-24-3;/h4-11,14,19,21H,12-13,20H2,1-3H3;1H. The first-order chi connectivity index (χ1) is 11.8. The summed E-state index contributed by atoms with van der Waals surface area (Å²) in [5, 5.41) is 0. The fourth-order valence-corrected chi connectivity index (χ4v) is 3.63. The van der Waals surface area contributed by atoms with Crippen molar-refractivity contribution in [1.82, 2.24) is 4.72 Å². The molecule has 2 aromatic rings. The van der Waals surface area contributed by atoms with Crippen molar-refractivity contribution in [3.8, 4) is 0 Å². The summed E-state index contributed by atoms with van der Waals surface area (Å²) in [6.45, 7) is 4.75. The Balaban J connectivity index is 0.00000338. The van der Waals surface area contributed by atoms with E-state index >= 15 is 0 Å². The number of nitrogens with one attached hydrogen (secondary N) is 1. The molecule has 0 saturated heterocycles. The van der Waals surface area contributed by atoms with E-state index in [1.165, 1.54) is 5.56 Å². The van der Waals surface area contributed by atoms with Gasteiger partial charge in [0, 0.05) is 19.7 Å². The summed E-state index contributed by atoms with van der Waals surface area (Å²) in [5.74, 6) is 0.447. The second kappa shape index (κ2) is 10.0. The molecule has 26 heavy (non-hydrogen) atoms. The van der Waals surface area contributed by atoms with Crippen LogP contribution in [0.5, 0.6) is 0 Å². The maximum Gasteiger partial charge on any atom is 0.240 e. The minimum absolute atomic E-state index is 0. The molecule has 0 bridgehead atoms. The van der Waals surface area contributed by atoms with Gasteiger partial charge in [-0.2, -0.15) is 0 Å². The molecule has 0 aromatic heterocycles. The van der Waals surface area contributed by atoms with E-state index in [1.807, 2.05) is 30.3 Å². The highest BCUT2D eigenvalue weighted by molar-refractivity contribution is 7.89. The van der Waals surface area contributed by atoms with E-state index in [0.29, 0.717) is 12.5 Å². The molecule has 3 N–H and O–H groups in total. The van der Waals surface area contributed by atoms with Crippen LogP contribution >= 0.6 is 12.4 Å². The van der Waals surface area contributed by atoms with E-state index in [9.17, 15) is 8.42 Å². The summed E-state index contributed by atoms with van der Waals surface area (Å²) in [4.78, 5) is 0.212. The van der Waals surface area contributed by atoms with Gasteiger partial charge in [-0.25, -0.2) is 13.1 Å². The van der Waals surface area contributed by atoms with Crippen molar-refractivity contribution in [2.75, 3.05) is 13.7 Å². The Morgan fingerprint density at radius 1 is 1.08 bits per heavy atom. The molecule has 144 valence electrons. The molecule has 0 heterocycles. The fraction of sp³-hybridized carbons (Fsp3) is 0.368. The lowest BCUT2D eigenvalue weighted by Crippen LogP contribution is -2.32. The number of nitrogens with two attached hydrogens (primary N) is 1. The van der Waals surface area contributed by atoms with Gasteiger partial charge in [0.25, 0.3) is 0 Å². The zero-order valence-corrected chi connectivity index (χ0v) is 16.9. The van der Waals surface area contributed by atoms with Crippen LogP contribution in [0, 0.1) is 0 Å². The van der Waals surface area contributed by atoms with Crippen LogP contribution < -0.4 is 10.5 Å². The molecule has 0 saturated carbocycles. The smallest absolute Gasteiger partial charge is 0.240 e. The Labute approximate surface area is 162 Å². The van der Waals surface area contributed by atoms with Crippen molar-refractivity contribution in [3.63, 3.8) is 0 Å². The molecule has 0 spiro atoms. The molecule has 1 atom stereocenters. The third-order valence-electron chi connectivity index (χ3n) is 4.04. The largest absolute Gasteiger partial charge is 0.380 e. The number of rotatable bonds is 8. The third kappa shape index (κ3) is 6.07. The molecule has 0 aliphatic heterocycles. The van der Waals surface area contributed by atoms with Gasteiger partial charge >= 0.3 is 0 Å². The number of ether oxygens (including phenoxy) is 1. The number of benzene rings is 2. The van der Waals surface area contributed by atoms with Crippen molar-refractivity contribution in [1.29, 1.82) is 0 Å². The maximum absolute atomic E-state index is 12.5. The van der Waals surface area contributed by atoms with Crippen LogP contribution in [0.15, 0.2) is 53.4 Å². The summed E-state index contributed by atoms with van der Waals surface area (Å²) in [6, 6.07) is 14.3. The third-order valence-corrected chi connectivity index (χ3v) is 5.47. The van der Waals surface area contributed by atoms with Gasteiger partial charge in [-0.15, -0.1) is 12.4 Å². The molecular weight excluding hydrogens is 372 g/mol. The topological polar surface area (TPSA) is 81.4 Å². The summed E-state index contributed by atoms with van der Waals surface area (Å²) in [6.07, 6.45) is 0. The van der Waals surface area contributed by atoms with Gasteiger partial charge in [-0.1, -0.05) is 50.2 Å². The number of methoxy groups -OCH3 is 1. The molecule has 0 aliphatic rings. The van der Waals surface area contributed by atoms with Crippen LogP contribution in [0.4, 0.5) is 0 Å². The predicted molar refractivity (Wildman–Crippen MR) is 107 cm³/mol. The Morgan fingerprint density at radius 2 is 1.69 bits per heavy atom. The van der Waals surface area contributed by atoms with Gasteiger partial charge in [-0.3, -0.25) is 0 Å². The molecule has 0 aliphatic carbocycles. The van der Waals surface area contributed by atoms with Crippen molar-refractivity contribution in [2.45, 2.75) is 37.3 Å². The second-order valence-corrected chi connectivity index (χ2v) is 8.13. The second-order valence-electron chi connectivity index (χ2n) is 6.36. The highest BCUT2D eigenvalue weighted by Crippen LogP contribution is 2.18. The SMILES string of the molecule is COCc1cccc(S(=O)(=O)NCC(N)c2ccc(C(C)C)cc2)c1.Cl. The lowest BCUT2D eigenvalue weighted by Gasteiger charge is -2.15. The quantitative estimate of drug-likeness (QED) is 0.714. The predicted octanol–water partition coefficient (Wildman–Crippen LogP) is 3.36. The van der Waals surface area contributed by atoms with E-state index in [0.717, 1.165) is 11.1 Å². The first-order valence-electron chi connectivity index (χ1n) is 8.26. The van der Waals surface area contributed by atoms with E-state index in [-0.39, 0.29) is 23.8 Å². The minimum atomic E-state index is -3.61. The molecule has 0 fully saturated rings. The number of sulfonamides is 1. The van der Waals surface area contributed by atoms with Gasteiger partial charge in [-0.05, 0) is 34.7 Å². The normalized spacial score (nSPS) is 12.7. The molecule has 5 nitrogen and oxygen atoms in total. The molecular formula is C19H27ClN2O3S. The zero-order valence-electron chi connectivity index (χ0n) is 15.3.